The molecule has 1 nitrogen and oxygen atoms in total. The average molecular weight is 427 g/mol. The molecule has 0 amide bonds. The van der Waals surface area contributed by atoms with Crippen molar-refractivity contribution in [3.05, 3.63) is 11.6 Å². The fourth-order valence-electron chi connectivity index (χ4n) is 11.2. The molecule has 5 aliphatic rings. The van der Waals surface area contributed by atoms with E-state index in [9.17, 15) is 5.11 Å². The van der Waals surface area contributed by atoms with Crippen LogP contribution in [0.25, 0.3) is 0 Å². The Balaban J connectivity index is 1.43. The molecule has 0 aromatic heterocycles. The fourth-order valence-corrected chi connectivity index (χ4v) is 11.2. The first-order valence-electron chi connectivity index (χ1n) is 13.8. The third-order valence-corrected chi connectivity index (χ3v) is 12.9. The van der Waals surface area contributed by atoms with E-state index in [1.54, 1.807) is 0 Å². The molecular formula is C30H50O. The van der Waals surface area contributed by atoms with Gasteiger partial charge in [0.25, 0.3) is 0 Å². The Morgan fingerprint density at radius 2 is 1.61 bits per heavy atom. The van der Waals surface area contributed by atoms with E-state index in [1.165, 1.54) is 69.8 Å². The Morgan fingerprint density at radius 3 is 2.32 bits per heavy atom. The molecule has 9 atom stereocenters. The van der Waals surface area contributed by atoms with Crippen LogP contribution in [0.3, 0.4) is 0 Å². The van der Waals surface area contributed by atoms with Gasteiger partial charge in [-0.3, -0.25) is 0 Å². The lowest BCUT2D eigenvalue weighted by atomic mass is 9.41. The summed E-state index contributed by atoms with van der Waals surface area (Å²) < 4.78 is 0. The predicted octanol–water partition coefficient (Wildman–Crippen LogP) is 8.17. The van der Waals surface area contributed by atoms with Crippen molar-refractivity contribution in [2.75, 3.05) is 0 Å². The van der Waals surface area contributed by atoms with Crippen LogP contribution in [0.15, 0.2) is 11.6 Å². The van der Waals surface area contributed by atoms with Crippen LogP contribution in [0, 0.1) is 50.7 Å². The number of aliphatic hydroxyl groups excluding tert-OH is 1. The van der Waals surface area contributed by atoms with Gasteiger partial charge >= 0.3 is 0 Å². The first kappa shape index (κ1) is 22.5. The number of hydrogen-bond donors (Lipinski definition) is 1. The quantitative estimate of drug-likeness (QED) is 0.449. The minimum Gasteiger partial charge on any atom is -0.393 e. The third-order valence-electron chi connectivity index (χ3n) is 12.9. The first-order chi connectivity index (χ1) is 14.4. The summed E-state index contributed by atoms with van der Waals surface area (Å²) in [5.74, 6) is 3.34. The van der Waals surface area contributed by atoms with Crippen molar-refractivity contribution in [3.63, 3.8) is 0 Å². The van der Waals surface area contributed by atoms with E-state index < -0.39 is 0 Å². The molecule has 0 heterocycles. The summed E-state index contributed by atoms with van der Waals surface area (Å²) in [5.41, 5.74) is 3.62. The summed E-state index contributed by atoms with van der Waals surface area (Å²) in [6.45, 7) is 17.5. The SMILES string of the molecule is CC(C)=CCC[C@@H](C)[C@H]1CC[C@@]2(C)[C@@H]3CC[C@H]4C(C)(C)CCC(O)[C@@]45C[C@@]35CC[C@]12C. The molecule has 0 radical (unpaired) electrons. The van der Waals surface area contributed by atoms with Crippen LogP contribution in [0.1, 0.15) is 119 Å². The second kappa shape index (κ2) is 6.86. The second-order valence-electron chi connectivity index (χ2n) is 14.4. The van der Waals surface area contributed by atoms with Crippen molar-refractivity contribution in [1.82, 2.24) is 0 Å². The van der Waals surface area contributed by atoms with Crippen molar-refractivity contribution >= 4 is 0 Å². The van der Waals surface area contributed by atoms with Crippen molar-refractivity contribution in [2.45, 2.75) is 125 Å². The van der Waals surface area contributed by atoms with Gasteiger partial charge in [-0.05, 0) is 130 Å². The van der Waals surface area contributed by atoms with Crippen LogP contribution in [-0.2, 0) is 0 Å². The van der Waals surface area contributed by atoms with Gasteiger partial charge in [0.15, 0.2) is 0 Å². The van der Waals surface area contributed by atoms with Gasteiger partial charge in [-0.25, -0.2) is 0 Å². The highest BCUT2D eigenvalue weighted by Crippen LogP contribution is 2.89. The molecular weight excluding hydrogens is 376 g/mol. The van der Waals surface area contributed by atoms with Crippen LogP contribution in [-0.4, -0.2) is 11.2 Å². The molecule has 0 aromatic carbocycles. The van der Waals surface area contributed by atoms with Crippen molar-refractivity contribution < 1.29 is 5.11 Å². The van der Waals surface area contributed by atoms with Crippen LogP contribution >= 0.6 is 0 Å². The van der Waals surface area contributed by atoms with Crippen LogP contribution in [0.4, 0.5) is 0 Å². The lowest BCUT2D eigenvalue weighted by molar-refractivity contribution is -0.169. The van der Waals surface area contributed by atoms with E-state index in [4.69, 9.17) is 0 Å². The molecule has 176 valence electrons. The maximum Gasteiger partial charge on any atom is 0.0605 e. The molecule has 1 heteroatoms. The van der Waals surface area contributed by atoms with E-state index in [2.05, 4.69) is 54.5 Å². The Labute approximate surface area is 192 Å². The standard InChI is InChI=1S/C30H50O/c1-20(2)9-8-10-21(3)22-13-16-28(7)24-12-11-23-26(4,5)15-14-25(31)30(23)19-29(24,30)18-17-27(22,28)6/h9,21-25,31H,8,10-19H2,1-7H3/t21-,22-,23+,24+,25?,27-,28+,29+,30-/m1/s1. The lowest BCUT2D eigenvalue weighted by Crippen LogP contribution is -2.58. The average Bonchev–Trinajstić information content (AvgIpc) is 3.30. The summed E-state index contributed by atoms with van der Waals surface area (Å²) in [5, 5.41) is 11.4. The second-order valence-corrected chi connectivity index (χ2v) is 14.4. The van der Waals surface area contributed by atoms with Gasteiger partial charge in [-0.15, -0.1) is 0 Å². The monoisotopic (exact) mass is 426 g/mol. The van der Waals surface area contributed by atoms with E-state index in [0.29, 0.717) is 21.7 Å². The van der Waals surface area contributed by atoms with Gasteiger partial charge in [0.2, 0.25) is 0 Å². The zero-order valence-corrected chi connectivity index (χ0v) is 21.7. The molecule has 2 spiro atoms. The number of fused-ring (bicyclic) bond motifs is 2. The van der Waals surface area contributed by atoms with E-state index in [1.807, 2.05) is 0 Å². The molecule has 1 N–H and O–H groups in total. The molecule has 0 aromatic rings. The van der Waals surface area contributed by atoms with Gasteiger partial charge in [0.1, 0.15) is 0 Å². The number of rotatable bonds is 4. The summed E-state index contributed by atoms with van der Waals surface area (Å²) in [6, 6.07) is 0. The van der Waals surface area contributed by atoms with Gasteiger partial charge in [-0.2, -0.15) is 0 Å². The molecule has 5 aliphatic carbocycles. The minimum absolute atomic E-state index is 0.0264. The first-order valence-corrected chi connectivity index (χ1v) is 13.8. The van der Waals surface area contributed by atoms with Gasteiger partial charge in [0, 0.05) is 5.41 Å². The normalized spacial score (nSPS) is 52.9. The Hall–Kier alpha value is -0.300. The van der Waals surface area contributed by atoms with Gasteiger partial charge in [0.05, 0.1) is 6.10 Å². The highest BCUT2D eigenvalue weighted by molar-refractivity contribution is 5.32. The molecule has 31 heavy (non-hydrogen) atoms. The lowest BCUT2D eigenvalue weighted by Gasteiger charge is -2.63. The zero-order valence-electron chi connectivity index (χ0n) is 21.7. The Kier molecular flexibility index (Phi) is 4.98. The summed E-state index contributed by atoms with van der Waals surface area (Å²) in [7, 11) is 0. The van der Waals surface area contributed by atoms with Gasteiger partial charge in [-0.1, -0.05) is 46.3 Å². The van der Waals surface area contributed by atoms with Crippen LogP contribution < -0.4 is 0 Å². The maximum atomic E-state index is 11.4. The highest BCUT2D eigenvalue weighted by atomic mass is 16.3. The maximum absolute atomic E-state index is 11.4. The predicted molar refractivity (Wildman–Crippen MR) is 131 cm³/mol. The smallest absolute Gasteiger partial charge is 0.0605 e. The van der Waals surface area contributed by atoms with Crippen molar-refractivity contribution in [3.8, 4) is 0 Å². The Bertz CT molecular complexity index is 760. The van der Waals surface area contributed by atoms with Crippen molar-refractivity contribution in [2.24, 2.45) is 50.7 Å². The van der Waals surface area contributed by atoms with Crippen molar-refractivity contribution in [1.29, 1.82) is 0 Å². The summed E-state index contributed by atoms with van der Waals surface area (Å²) in [4.78, 5) is 0. The topological polar surface area (TPSA) is 20.2 Å². The molecule has 5 rings (SSSR count). The van der Waals surface area contributed by atoms with Gasteiger partial charge < -0.3 is 5.11 Å². The summed E-state index contributed by atoms with van der Waals surface area (Å²) in [6.07, 6.45) is 17.2. The molecule has 0 saturated heterocycles. The molecule has 1 unspecified atom stereocenters. The molecule has 5 saturated carbocycles. The molecule has 0 bridgehead atoms. The van der Waals surface area contributed by atoms with E-state index in [-0.39, 0.29) is 11.5 Å². The summed E-state index contributed by atoms with van der Waals surface area (Å²) >= 11 is 0. The van der Waals surface area contributed by atoms with E-state index >= 15 is 0 Å². The molecule has 5 fully saturated rings. The van der Waals surface area contributed by atoms with E-state index in [0.717, 1.165) is 30.1 Å². The number of hydrogen-bond acceptors (Lipinski definition) is 1. The highest BCUT2D eigenvalue weighted by Gasteiger charge is 2.83. The number of aliphatic hydroxyl groups is 1. The minimum atomic E-state index is -0.0264. The van der Waals surface area contributed by atoms with Crippen LogP contribution in [0.5, 0.6) is 0 Å². The number of allylic oxidation sites excluding steroid dienone is 2. The van der Waals surface area contributed by atoms with Crippen LogP contribution in [0.2, 0.25) is 0 Å². The zero-order chi connectivity index (χ0) is 22.4. The largest absolute Gasteiger partial charge is 0.393 e. The molecule has 0 aliphatic heterocycles. The third kappa shape index (κ3) is 2.71. The fraction of sp³-hybridized carbons (Fsp3) is 0.933. The Morgan fingerprint density at radius 1 is 0.903 bits per heavy atom.